The molecule has 3 nitrogen and oxygen atoms in total. The molecule has 1 aromatic heterocycles. The number of nitrogens with one attached hydrogen (secondary N) is 1. The van der Waals surface area contributed by atoms with Gasteiger partial charge >= 0.3 is 0 Å². The van der Waals surface area contributed by atoms with Crippen LogP contribution < -0.4 is 10.1 Å². The molecule has 3 aromatic carbocycles. The number of methoxy groups -OCH3 is 1. The summed E-state index contributed by atoms with van der Waals surface area (Å²) in [7, 11) is 1.66. The minimum Gasteiger partial charge on any atom is -0.497 e. The van der Waals surface area contributed by atoms with Crippen molar-refractivity contribution < 1.29 is 4.74 Å². The Morgan fingerprint density at radius 2 is 1.62 bits per heavy atom. The molecule has 0 aliphatic carbocycles. The monoisotopic (exact) mass is 360 g/mol. The number of hydrogen-bond donors (Lipinski definition) is 1. The van der Waals surface area contributed by atoms with Crippen LogP contribution in [0.1, 0.15) is 0 Å². The summed E-state index contributed by atoms with van der Waals surface area (Å²) in [5, 5.41) is 5.27. The molecule has 1 N–H and O–H groups in total. The minimum atomic E-state index is 0.717. The summed E-state index contributed by atoms with van der Waals surface area (Å²) in [5.41, 5.74) is 4.87. The third kappa shape index (κ3) is 3.35. The summed E-state index contributed by atoms with van der Waals surface area (Å²) in [5.74, 6) is 0.828. The number of anilines is 2. The molecule has 0 saturated carbocycles. The van der Waals surface area contributed by atoms with E-state index in [1.54, 1.807) is 7.11 Å². The molecule has 128 valence electrons. The number of aromatic nitrogens is 1. The maximum atomic E-state index is 5.99. The van der Waals surface area contributed by atoms with Crippen molar-refractivity contribution in [1.29, 1.82) is 0 Å². The number of halogens is 1. The number of ether oxygens (including phenoxy) is 1. The standard InChI is InChI=1S/C22H17ClN2O/c1-26-18-12-6-15(7-13-18)21-14-22(19-4-2-3-5-20(19)25-21)24-17-10-8-16(23)9-11-17/h2-14H,1H3,(H,24,25). The lowest BCUT2D eigenvalue weighted by molar-refractivity contribution is 0.415. The highest BCUT2D eigenvalue weighted by atomic mass is 35.5. The van der Waals surface area contributed by atoms with E-state index in [0.717, 1.165) is 39.3 Å². The first-order valence-electron chi connectivity index (χ1n) is 8.30. The Labute approximate surface area is 157 Å². The van der Waals surface area contributed by atoms with Gasteiger partial charge in [-0.2, -0.15) is 0 Å². The molecule has 0 unspecified atom stereocenters. The van der Waals surface area contributed by atoms with Crippen LogP contribution in [0.5, 0.6) is 5.75 Å². The van der Waals surface area contributed by atoms with E-state index in [0.29, 0.717) is 5.02 Å². The lowest BCUT2D eigenvalue weighted by Crippen LogP contribution is -1.95. The van der Waals surface area contributed by atoms with Crippen molar-refractivity contribution in [3.63, 3.8) is 0 Å². The van der Waals surface area contributed by atoms with E-state index in [1.165, 1.54) is 0 Å². The SMILES string of the molecule is COc1ccc(-c2cc(Nc3ccc(Cl)cc3)c3ccccc3n2)cc1. The van der Waals surface area contributed by atoms with Crippen LogP contribution in [-0.2, 0) is 0 Å². The Kier molecular flexibility index (Phi) is 4.46. The lowest BCUT2D eigenvalue weighted by Gasteiger charge is -2.12. The third-order valence-corrected chi connectivity index (χ3v) is 4.48. The molecule has 1 heterocycles. The third-order valence-electron chi connectivity index (χ3n) is 4.23. The van der Waals surface area contributed by atoms with Crippen molar-refractivity contribution in [3.05, 3.63) is 83.9 Å². The van der Waals surface area contributed by atoms with Gasteiger partial charge in [-0.05, 0) is 60.7 Å². The Morgan fingerprint density at radius 3 is 2.35 bits per heavy atom. The van der Waals surface area contributed by atoms with E-state index in [4.69, 9.17) is 21.3 Å². The molecule has 4 heteroatoms. The van der Waals surface area contributed by atoms with Gasteiger partial charge in [-0.25, -0.2) is 4.98 Å². The molecule has 0 atom stereocenters. The molecule has 0 fully saturated rings. The summed E-state index contributed by atoms with van der Waals surface area (Å²) in [6.07, 6.45) is 0. The van der Waals surface area contributed by atoms with Gasteiger partial charge in [0.1, 0.15) is 5.75 Å². The normalized spacial score (nSPS) is 10.7. The summed E-state index contributed by atoms with van der Waals surface area (Å²) >= 11 is 5.99. The van der Waals surface area contributed by atoms with Crippen molar-refractivity contribution in [2.75, 3.05) is 12.4 Å². The van der Waals surface area contributed by atoms with E-state index in [-0.39, 0.29) is 0 Å². The molecule has 0 radical (unpaired) electrons. The van der Waals surface area contributed by atoms with Crippen molar-refractivity contribution in [2.24, 2.45) is 0 Å². The number of para-hydroxylation sites is 1. The number of hydrogen-bond acceptors (Lipinski definition) is 3. The maximum Gasteiger partial charge on any atom is 0.118 e. The highest BCUT2D eigenvalue weighted by Gasteiger charge is 2.08. The number of nitrogens with zero attached hydrogens (tertiary/aromatic N) is 1. The fraction of sp³-hybridized carbons (Fsp3) is 0.0455. The summed E-state index contributed by atoms with van der Waals surface area (Å²) in [6, 6.07) is 25.8. The lowest BCUT2D eigenvalue weighted by atomic mass is 10.1. The average molecular weight is 361 g/mol. The van der Waals surface area contributed by atoms with E-state index in [1.807, 2.05) is 66.7 Å². The van der Waals surface area contributed by atoms with Crippen LogP contribution in [0.4, 0.5) is 11.4 Å². The van der Waals surface area contributed by atoms with Crippen LogP contribution >= 0.6 is 11.6 Å². The zero-order chi connectivity index (χ0) is 17.9. The number of rotatable bonds is 4. The topological polar surface area (TPSA) is 34.1 Å². The fourth-order valence-electron chi connectivity index (χ4n) is 2.88. The van der Waals surface area contributed by atoms with Crippen molar-refractivity contribution in [2.45, 2.75) is 0 Å². The van der Waals surface area contributed by atoms with Gasteiger partial charge in [0.2, 0.25) is 0 Å². The summed E-state index contributed by atoms with van der Waals surface area (Å²) < 4.78 is 5.24. The second-order valence-corrected chi connectivity index (χ2v) is 6.37. The highest BCUT2D eigenvalue weighted by Crippen LogP contribution is 2.31. The van der Waals surface area contributed by atoms with Gasteiger partial charge in [-0.1, -0.05) is 29.8 Å². The van der Waals surface area contributed by atoms with E-state index in [9.17, 15) is 0 Å². The molecule has 0 amide bonds. The molecular formula is C22H17ClN2O. The van der Waals surface area contributed by atoms with Crippen molar-refractivity contribution >= 4 is 33.9 Å². The molecule has 0 saturated heterocycles. The average Bonchev–Trinajstić information content (AvgIpc) is 2.69. The number of pyridine rings is 1. The van der Waals surface area contributed by atoms with Crippen molar-refractivity contribution in [1.82, 2.24) is 4.98 Å². The van der Waals surface area contributed by atoms with Gasteiger partial charge in [-0.3, -0.25) is 0 Å². The van der Waals surface area contributed by atoms with Crippen molar-refractivity contribution in [3.8, 4) is 17.0 Å². The number of benzene rings is 3. The van der Waals surface area contributed by atoms with Gasteiger partial charge in [0.05, 0.1) is 24.0 Å². The first-order valence-corrected chi connectivity index (χ1v) is 8.67. The predicted octanol–water partition coefficient (Wildman–Crippen LogP) is 6.31. The van der Waals surface area contributed by atoms with Crippen LogP contribution in [0.25, 0.3) is 22.2 Å². The summed E-state index contributed by atoms with van der Waals surface area (Å²) in [6.45, 7) is 0. The van der Waals surface area contributed by atoms with Crippen LogP contribution in [0.2, 0.25) is 5.02 Å². The Balaban J connectivity index is 1.80. The van der Waals surface area contributed by atoms with Crippen LogP contribution in [-0.4, -0.2) is 12.1 Å². The predicted molar refractivity (Wildman–Crippen MR) is 108 cm³/mol. The van der Waals surface area contributed by atoms with Crippen LogP contribution in [0.15, 0.2) is 78.9 Å². The van der Waals surface area contributed by atoms with Gasteiger partial charge in [-0.15, -0.1) is 0 Å². The zero-order valence-electron chi connectivity index (χ0n) is 14.2. The highest BCUT2D eigenvalue weighted by molar-refractivity contribution is 6.30. The summed E-state index contributed by atoms with van der Waals surface area (Å²) in [4.78, 5) is 4.82. The second-order valence-electron chi connectivity index (χ2n) is 5.93. The Morgan fingerprint density at radius 1 is 0.885 bits per heavy atom. The molecule has 0 bridgehead atoms. The zero-order valence-corrected chi connectivity index (χ0v) is 15.0. The quantitative estimate of drug-likeness (QED) is 0.463. The fourth-order valence-corrected chi connectivity index (χ4v) is 3.00. The molecule has 0 aliphatic heterocycles. The van der Waals surface area contributed by atoms with Crippen LogP contribution in [0, 0.1) is 0 Å². The largest absolute Gasteiger partial charge is 0.497 e. The molecule has 4 rings (SSSR count). The van der Waals surface area contributed by atoms with E-state index in [2.05, 4.69) is 17.4 Å². The molecule has 26 heavy (non-hydrogen) atoms. The van der Waals surface area contributed by atoms with E-state index >= 15 is 0 Å². The molecule has 0 aliphatic rings. The van der Waals surface area contributed by atoms with Gasteiger partial charge < -0.3 is 10.1 Å². The maximum absolute atomic E-state index is 5.99. The Hall–Kier alpha value is -3.04. The number of fused-ring (bicyclic) bond motifs is 1. The minimum absolute atomic E-state index is 0.717. The smallest absolute Gasteiger partial charge is 0.118 e. The van der Waals surface area contributed by atoms with Gasteiger partial charge in [0.15, 0.2) is 0 Å². The first-order chi connectivity index (χ1) is 12.7. The molecule has 4 aromatic rings. The second kappa shape index (κ2) is 7.06. The van der Waals surface area contributed by atoms with E-state index < -0.39 is 0 Å². The van der Waals surface area contributed by atoms with Crippen LogP contribution in [0.3, 0.4) is 0 Å². The molecule has 0 spiro atoms. The first kappa shape index (κ1) is 16.4. The Bertz CT molecular complexity index is 1040. The van der Waals surface area contributed by atoms with Gasteiger partial charge in [0, 0.05) is 21.7 Å². The van der Waals surface area contributed by atoms with Gasteiger partial charge in [0.25, 0.3) is 0 Å². The molecular weight excluding hydrogens is 344 g/mol.